The fraction of sp³-hybridized carbons (Fsp3) is 0.222. The standard InChI is InChI=1S/C27H27NO5S/c1-5-6-16-33-23-12-14-24(15-13-23)34(30,31)28(19-22-10-8-7-9-11-22)26-21(3)17-20(2)18-25(26)27(29)32-4/h7-15,17-18H,16,19H2,1-4H3. The molecule has 0 N–H and O–H groups in total. The first kappa shape index (κ1) is 24.9. The maximum Gasteiger partial charge on any atom is 0.340 e. The van der Waals surface area contributed by atoms with Crippen molar-refractivity contribution in [1.82, 2.24) is 0 Å². The van der Waals surface area contributed by atoms with Crippen LogP contribution >= 0.6 is 0 Å². The number of carbonyl (C=O) groups is 1. The van der Waals surface area contributed by atoms with Crippen LogP contribution in [0.1, 0.15) is 34.0 Å². The lowest BCUT2D eigenvalue weighted by Crippen LogP contribution is -2.33. The predicted molar refractivity (Wildman–Crippen MR) is 132 cm³/mol. The highest BCUT2D eigenvalue weighted by atomic mass is 32.2. The van der Waals surface area contributed by atoms with Gasteiger partial charge in [0.15, 0.2) is 0 Å². The Morgan fingerprint density at radius 2 is 1.68 bits per heavy atom. The second kappa shape index (κ2) is 10.9. The van der Waals surface area contributed by atoms with E-state index in [9.17, 15) is 13.2 Å². The molecule has 0 heterocycles. The zero-order valence-electron chi connectivity index (χ0n) is 19.7. The Morgan fingerprint density at radius 1 is 1.00 bits per heavy atom. The Morgan fingerprint density at radius 3 is 2.29 bits per heavy atom. The number of nitrogens with zero attached hydrogens (tertiary/aromatic N) is 1. The number of methoxy groups -OCH3 is 1. The van der Waals surface area contributed by atoms with Crippen molar-refractivity contribution in [3.8, 4) is 17.6 Å². The topological polar surface area (TPSA) is 72.9 Å². The van der Waals surface area contributed by atoms with E-state index < -0.39 is 16.0 Å². The number of esters is 1. The van der Waals surface area contributed by atoms with Gasteiger partial charge in [-0.3, -0.25) is 4.31 Å². The highest BCUT2D eigenvalue weighted by Gasteiger charge is 2.30. The van der Waals surface area contributed by atoms with Crippen molar-refractivity contribution in [3.63, 3.8) is 0 Å². The van der Waals surface area contributed by atoms with Crippen molar-refractivity contribution in [2.45, 2.75) is 32.2 Å². The van der Waals surface area contributed by atoms with Gasteiger partial charge in [0.05, 0.1) is 29.8 Å². The van der Waals surface area contributed by atoms with Crippen LogP contribution in [0.3, 0.4) is 0 Å². The monoisotopic (exact) mass is 477 g/mol. The molecule has 0 bridgehead atoms. The average molecular weight is 478 g/mol. The van der Waals surface area contributed by atoms with E-state index in [1.165, 1.54) is 23.5 Å². The lowest BCUT2D eigenvalue weighted by atomic mass is 10.0. The van der Waals surface area contributed by atoms with Crippen molar-refractivity contribution in [2.75, 3.05) is 18.0 Å². The van der Waals surface area contributed by atoms with E-state index in [0.717, 1.165) is 11.1 Å². The summed E-state index contributed by atoms with van der Waals surface area (Å²) >= 11 is 0. The number of hydrogen-bond donors (Lipinski definition) is 0. The van der Waals surface area contributed by atoms with Crippen LogP contribution in [0, 0.1) is 25.7 Å². The molecule has 0 aliphatic carbocycles. The molecule has 0 atom stereocenters. The van der Waals surface area contributed by atoms with Gasteiger partial charge in [0, 0.05) is 0 Å². The summed E-state index contributed by atoms with van der Waals surface area (Å²) in [7, 11) is -2.77. The summed E-state index contributed by atoms with van der Waals surface area (Å²) in [4.78, 5) is 12.7. The Kier molecular flexibility index (Phi) is 7.98. The Bertz CT molecular complexity index is 1320. The van der Waals surface area contributed by atoms with Gasteiger partial charge >= 0.3 is 5.97 Å². The minimum absolute atomic E-state index is 0.0431. The predicted octanol–water partition coefficient (Wildman–Crippen LogP) is 4.89. The Hall–Kier alpha value is -3.76. The van der Waals surface area contributed by atoms with Gasteiger partial charge in [0.2, 0.25) is 0 Å². The van der Waals surface area contributed by atoms with E-state index in [0.29, 0.717) is 17.0 Å². The molecule has 0 aromatic heterocycles. The maximum absolute atomic E-state index is 13.9. The molecule has 6 nitrogen and oxygen atoms in total. The van der Waals surface area contributed by atoms with E-state index in [-0.39, 0.29) is 23.6 Å². The number of benzene rings is 3. The van der Waals surface area contributed by atoms with Crippen molar-refractivity contribution in [3.05, 3.63) is 89.0 Å². The molecule has 0 amide bonds. The number of hydrogen-bond acceptors (Lipinski definition) is 5. The molecule has 3 rings (SSSR count). The largest absolute Gasteiger partial charge is 0.481 e. The highest BCUT2D eigenvalue weighted by Crippen LogP contribution is 2.34. The summed E-state index contributed by atoms with van der Waals surface area (Å²) in [5.41, 5.74) is 2.74. The van der Waals surface area contributed by atoms with Crippen LogP contribution in [0.4, 0.5) is 5.69 Å². The first-order valence-electron chi connectivity index (χ1n) is 10.7. The molecule has 0 unspecified atom stereocenters. The number of anilines is 1. The van der Waals surface area contributed by atoms with E-state index in [4.69, 9.17) is 9.47 Å². The molecule has 0 aliphatic rings. The van der Waals surface area contributed by atoms with Crippen LogP contribution in [0.15, 0.2) is 71.6 Å². The van der Waals surface area contributed by atoms with Crippen LogP contribution in [0.5, 0.6) is 5.75 Å². The SMILES string of the molecule is CC#CCOc1ccc(S(=O)(=O)N(Cc2ccccc2)c2c(C)cc(C)cc2C(=O)OC)cc1. The molecule has 3 aromatic carbocycles. The third kappa shape index (κ3) is 5.59. The summed E-state index contributed by atoms with van der Waals surface area (Å²) < 4.78 is 39.6. The molecule has 0 radical (unpaired) electrons. The van der Waals surface area contributed by atoms with E-state index in [1.54, 1.807) is 32.0 Å². The van der Waals surface area contributed by atoms with Gasteiger partial charge in [-0.05, 0) is 67.8 Å². The normalized spacial score (nSPS) is 10.7. The summed E-state index contributed by atoms with van der Waals surface area (Å²) in [5.74, 6) is 5.45. The van der Waals surface area contributed by atoms with E-state index >= 15 is 0 Å². The van der Waals surface area contributed by atoms with Crippen molar-refractivity contribution in [2.24, 2.45) is 0 Å². The molecule has 3 aromatic rings. The molecular weight excluding hydrogens is 450 g/mol. The zero-order chi connectivity index (χ0) is 24.7. The minimum Gasteiger partial charge on any atom is -0.481 e. The molecule has 7 heteroatoms. The van der Waals surface area contributed by atoms with E-state index in [1.807, 2.05) is 43.3 Å². The van der Waals surface area contributed by atoms with Gasteiger partial charge < -0.3 is 9.47 Å². The van der Waals surface area contributed by atoms with Crippen LogP contribution in [-0.2, 0) is 21.3 Å². The van der Waals surface area contributed by atoms with Crippen molar-refractivity contribution < 1.29 is 22.7 Å². The van der Waals surface area contributed by atoms with Crippen LogP contribution in [0.2, 0.25) is 0 Å². The summed E-state index contributed by atoms with van der Waals surface area (Å²) in [6.07, 6.45) is 0. The van der Waals surface area contributed by atoms with Gasteiger partial charge in [-0.2, -0.15) is 0 Å². The third-order valence-corrected chi connectivity index (χ3v) is 6.93. The number of sulfonamides is 1. The molecule has 0 saturated heterocycles. The van der Waals surface area contributed by atoms with Gasteiger partial charge in [0.1, 0.15) is 12.4 Å². The molecule has 0 fully saturated rings. The number of aryl methyl sites for hydroxylation is 2. The summed E-state index contributed by atoms with van der Waals surface area (Å²) in [6, 6.07) is 18.9. The third-order valence-electron chi connectivity index (χ3n) is 5.17. The Labute approximate surface area is 201 Å². The number of rotatable bonds is 8. The van der Waals surface area contributed by atoms with Crippen LogP contribution in [-0.4, -0.2) is 28.1 Å². The number of carbonyl (C=O) groups excluding carboxylic acids is 1. The van der Waals surface area contributed by atoms with Gasteiger partial charge in [-0.25, -0.2) is 13.2 Å². The number of ether oxygens (including phenoxy) is 2. The van der Waals surface area contributed by atoms with Crippen molar-refractivity contribution in [1.29, 1.82) is 0 Å². The zero-order valence-corrected chi connectivity index (χ0v) is 20.5. The fourth-order valence-corrected chi connectivity index (χ4v) is 5.15. The van der Waals surface area contributed by atoms with Gasteiger partial charge in [-0.15, -0.1) is 5.92 Å². The lowest BCUT2D eigenvalue weighted by Gasteiger charge is -2.28. The molecule has 0 spiro atoms. The quantitative estimate of drug-likeness (QED) is 0.341. The average Bonchev–Trinajstić information content (AvgIpc) is 2.83. The minimum atomic E-state index is -4.05. The smallest absolute Gasteiger partial charge is 0.340 e. The molecular formula is C27H27NO5S. The second-order valence-corrected chi connectivity index (χ2v) is 9.52. The summed E-state index contributed by atoms with van der Waals surface area (Å²) in [5, 5.41) is 0. The van der Waals surface area contributed by atoms with Gasteiger partial charge in [0.25, 0.3) is 10.0 Å². The molecule has 0 aliphatic heterocycles. The van der Waals surface area contributed by atoms with Crippen molar-refractivity contribution >= 4 is 21.7 Å². The highest BCUT2D eigenvalue weighted by molar-refractivity contribution is 7.92. The Balaban J connectivity index is 2.14. The van der Waals surface area contributed by atoms with E-state index in [2.05, 4.69) is 11.8 Å². The molecule has 34 heavy (non-hydrogen) atoms. The molecule has 0 saturated carbocycles. The van der Waals surface area contributed by atoms with Crippen LogP contribution < -0.4 is 9.04 Å². The lowest BCUT2D eigenvalue weighted by molar-refractivity contribution is 0.0601. The first-order valence-corrected chi connectivity index (χ1v) is 12.1. The van der Waals surface area contributed by atoms with Gasteiger partial charge in [-0.1, -0.05) is 42.3 Å². The first-order chi connectivity index (χ1) is 16.3. The molecule has 176 valence electrons. The summed E-state index contributed by atoms with van der Waals surface area (Å²) in [6.45, 7) is 5.61. The second-order valence-electron chi connectivity index (χ2n) is 7.65. The fourth-order valence-electron chi connectivity index (χ4n) is 3.62. The maximum atomic E-state index is 13.9. The van der Waals surface area contributed by atoms with Crippen LogP contribution in [0.25, 0.3) is 0 Å².